The molecular formula is C13H23N3. The number of aryl methyl sites for hydroxylation is 1. The molecule has 0 aliphatic carbocycles. The topological polar surface area (TPSA) is 41.3 Å². The van der Waals surface area contributed by atoms with Crippen molar-refractivity contribution in [3.8, 4) is 0 Å². The normalized spacial score (nSPS) is 11.1. The Hall–Kier alpha value is -0.900. The van der Waals surface area contributed by atoms with Gasteiger partial charge in [0.15, 0.2) is 0 Å². The lowest BCUT2D eigenvalue weighted by Gasteiger charge is -2.17. The van der Waals surface area contributed by atoms with Crippen molar-refractivity contribution >= 4 is 0 Å². The van der Waals surface area contributed by atoms with Crippen molar-refractivity contribution in [2.24, 2.45) is 5.84 Å². The molecule has 1 rings (SSSR count). The standard InChI is InChI=1S/C13H23N3/c1-10-5-6-13(12(3)11(10)2)7-8-16(4)9-15-14/h5-6,15H,7-9,14H2,1-4H3. The average molecular weight is 221 g/mol. The van der Waals surface area contributed by atoms with Gasteiger partial charge in [-0.1, -0.05) is 12.1 Å². The fraction of sp³-hybridized carbons (Fsp3) is 0.538. The maximum Gasteiger partial charge on any atom is 0.0610 e. The maximum absolute atomic E-state index is 5.28. The summed E-state index contributed by atoms with van der Waals surface area (Å²) in [4.78, 5) is 2.18. The molecule has 0 amide bonds. The highest BCUT2D eigenvalue weighted by Crippen LogP contribution is 2.17. The molecule has 0 aliphatic rings. The summed E-state index contributed by atoms with van der Waals surface area (Å²) >= 11 is 0. The average Bonchev–Trinajstić information content (AvgIpc) is 2.25. The van der Waals surface area contributed by atoms with E-state index >= 15 is 0 Å². The fourth-order valence-corrected chi connectivity index (χ4v) is 1.83. The van der Waals surface area contributed by atoms with E-state index in [1.165, 1.54) is 22.3 Å². The van der Waals surface area contributed by atoms with Gasteiger partial charge in [0, 0.05) is 6.54 Å². The van der Waals surface area contributed by atoms with Gasteiger partial charge in [-0.2, -0.15) is 0 Å². The van der Waals surface area contributed by atoms with Crippen LogP contribution in [0.25, 0.3) is 0 Å². The van der Waals surface area contributed by atoms with Gasteiger partial charge in [-0.05, 0) is 56.5 Å². The minimum Gasteiger partial charge on any atom is -0.292 e. The summed E-state index contributed by atoms with van der Waals surface area (Å²) in [7, 11) is 2.07. The van der Waals surface area contributed by atoms with Crippen LogP contribution in [0.1, 0.15) is 22.3 Å². The van der Waals surface area contributed by atoms with Crippen molar-refractivity contribution < 1.29 is 0 Å². The molecule has 0 atom stereocenters. The minimum atomic E-state index is 0.726. The van der Waals surface area contributed by atoms with Crippen LogP contribution in [-0.4, -0.2) is 25.2 Å². The van der Waals surface area contributed by atoms with E-state index in [1.807, 2.05) is 0 Å². The van der Waals surface area contributed by atoms with E-state index in [4.69, 9.17) is 5.84 Å². The van der Waals surface area contributed by atoms with Crippen LogP contribution in [0, 0.1) is 20.8 Å². The molecule has 90 valence electrons. The molecule has 0 fully saturated rings. The fourth-order valence-electron chi connectivity index (χ4n) is 1.83. The molecule has 0 saturated carbocycles. The summed E-state index contributed by atoms with van der Waals surface area (Å²) in [6.07, 6.45) is 1.07. The van der Waals surface area contributed by atoms with Gasteiger partial charge in [-0.15, -0.1) is 0 Å². The van der Waals surface area contributed by atoms with Crippen LogP contribution < -0.4 is 11.3 Å². The number of nitrogens with zero attached hydrogens (tertiary/aromatic N) is 1. The van der Waals surface area contributed by atoms with E-state index in [2.05, 4.69) is 50.3 Å². The van der Waals surface area contributed by atoms with E-state index in [0.717, 1.165) is 19.6 Å². The van der Waals surface area contributed by atoms with Crippen molar-refractivity contribution in [2.45, 2.75) is 27.2 Å². The third kappa shape index (κ3) is 3.30. The highest BCUT2D eigenvalue weighted by molar-refractivity contribution is 5.38. The van der Waals surface area contributed by atoms with Crippen LogP contribution in [0.2, 0.25) is 0 Å². The lowest BCUT2D eigenvalue weighted by molar-refractivity contribution is 0.312. The van der Waals surface area contributed by atoms with Gasteiger partial charge in [0.05, 0.1) is 6.67 Å². The van der Waals surface area contributed by atoms with Gasteiger partial charge >= 0.3 is 0 Å². The van der Waals surface area contributed by atoms with Crippen molar-refractivity contribution in [1.29, 1.82) is 0 Å². The number of hydrogen-bond acceptors (Lipinski definition) is 3. The summed E-state index contributed by atoms with van der Waals surface area (Å²) in [5.41, 5.74) is 8.31. The van der Waals surface area contributed by atoms with Gasteiger partial charge in [0.25, 0.3) is 0 Å². The Balaban J connectivity index is 2.64. The molecule has 16 heavy (non-hydrogen) atoms. The monoisotopic (exact) mass is 221 g/mol. The Kier molecular flexibility index (Phi) is 4.93. The Labute approximate surface area is 98.6 Å². The molecule has 0 unspecified atom stereocenters. The molecule has 1 aromatic rings. The third-order valence-electron chi connectivity index (χ3n) is 3.29. The maximum atomic E-state index is 5.28. The number of hydrogen-bond donors (Lipinski definition) is 2. The Morgan fingerprint density at radius 3 is 2.50 bits per heavy atom. The van der Waals surface area contributed by atoms with Gasteiger partial charge in [-0.3, -0.25) is 10.7 Å². The molecular weight excluding hydrogens is 198 g/mol. The summed E-state index contributed by atoms with van der Waals surface area (Å²) in [5.74, 6) is 5.28. The van der Waals surface area contributed by atoms with Crippen LogP contribution >= 0.6 is 0 Å². The SMILES string of the molecule is Cc1ccc(CCN(C)CNN)c(C)c1C. The molecule has 0 heterocycles. The van der Waals surface area contributed by atoms with E-state index < -0.39 is 0 Å². The summed E-state index contributed by atoms with van der Waals surface area (Å²) in [5, 5.41) is 0. The van der Waals surface area contributed by atoms with E-state index in [-0.39, 0.29) is 0 Å². The largest absolute Gasteiger partial charge is 0.292 e. The Morgan fingerprint density at radius 1 is 1.19 bits per heavy atom. The zero-order valence-corrected chi connectivity index (χ0v) is 10.8. The predicted molar refractivity (Wildman–Crippen MR) is 69.2 cm³/mol. The minimum absolute atomic E-state index is 0.726. The molecule has 0 bridgehead atoms. The molecule has 3 N–H and O–H groups in total. The highest BCUT2D eigenvalue weighted by Gasteiger charge is 2.04. The van der Waals surface area contributed by atoms with Crippen molar-refractivity contribution in [2.75, 3.05) is 20.3 Å². The van der Waals surface area contributed by atoms with Crippen LogP contribution in [0.3, 0.4) is 0 Å². The number of likely N-dealkylation sites (N-methyl/N-ethyl adjacent to an activating group) is 1. The molecule has 3 nitrogen and oxygen atoms in total. The molecule has 0 aliphatic heterocycles. The van der Waals surface area contributed by atoms with Gasteiger partial charge in [0.1, 0.15) is 0 Å². The molecule has 0 saturated heterocycles. The van der Waals surface area contributed by atoms with Crippen molar-refractivity contribution in [1.82, 2.24) is 10.3 Å². The second kappa shape index (κ2) is 5.99. The van der Waals surface area contributed by atoms with Crippen LogP contribution in [0.15, 0.2) is 12.1 Å². The first-order valence-corrected chi connectivity index (χ1v) is 5.74. The summed E-state index contributed by atoms with van der Waals surface area (Å²) in [6.45, 7) is 8.31. The van der Waals surface area contributed by atoms with Crippen LogP contribution in [-0.2, 0) is 6.42 Å². The second-order valence-corrected chi connectivity index (χ2v) is 4.48. The van der Waals surface area contributed by atoms with E-state index in [9.17, 15) is 0 Å². The Morgan fingerprint density at radius 2 is 1.88 bits per heavy atom. The number of hydrazine groups is 1. The predicted octanol–water partition coefficient (Wildman–Crippen LogP) is 1.51. The van der Waals surface area contributed by atoms with Gasteiger partial charge in [-0.25, -0.2) is 5.43 Å². The summed E-state index contributed by atoms with van der Waals surface area (Å²) < 4.78 is 0. The van der Waals surface area contributed by atoms with Crippen LogP contribution in [0.4, 0.5) is 0 Å². The molecule has 1 aromatic carbocycles. The number of rotatable bonds is 5. The highest BCUT2D eigenvalue weighted by atomic mass is 15.3. The van der Waals surface area contributed by atoms with Crippen LogP contribution in [0.5, 0.6) is 0 Å². The third-order valence-corrected chi connectivity index (χ3v) is 3.29. The van der Waals surface area contributed by atoms with Crippen molar-refractivity contribution in [3.63, 3.8) is 0 Å². The van der Waals surface area contributed by atoms with Gasteiger partial charge < -0.3 is 0 Å². The number of nitrogens with one attached hydrogen (secondary N) is 1. The van der Waals surface area contributed by atoms with Gasteiger partial charge in [0.2, 0.25) is 0 Å². The lowest BCUT2D eigenvalue weighted by atomic mass is 9.97. The second-order valence-electron chi connectivity index (χ2n) is 4.48. The molecule has 0 aromatic heterocycles. The smallest absolute Gasteiger partial charge is 0.0610 e. The Bertz CT molecular complexity index is 347. The number of nitrogens with two attached hydrogens (primary N) is 1. The zero-order valence-electron chi connectivity index (χ0n) is 10.8. The quantitative estimate of drug-likeness (QED) is 0.450. The molecule has 0 spiro atoms. The van der Waals surface area contributed by atoms with Crippen molar-refractivity contribution in [3.05, 3.63) is 34.4 Å². The van der Waals surface area contributed by atoms with E-state index in [1.54, 1.807) is 0 Å². The molecule has 3 heteroatoms. The summed E-state index contributed by atoms with van der Waals surface area (Å²) in [6, 6.07) is 4.44. The first kappa shape index (κ1) is 13.2. The molecule has 0 radical (unpaired) electrons. The van der Waals surface area contributed by atoms with E-state index in [0.29, 0.717) is 0 Å². The number of benzene rings is 1. The first-order chi connectivity index (χ1) is 7.56. The first-order valence-electron chi connectivity index (χ1n) is 5.74. The lowest BCUT2D eigenvalue weighted by Crippen LogP contribution is -2.36. The zero-order chi connectivity index (χ0) is 12.1.